The minimum Gasteiger partial charge on any atom is -0.325 e. The van der Waals surface area contributed by atoms with Crippen LogP contribution in [0.1, 0.15) is 11.8 Å². The van der Waals surface area contributed by atoms with Crippen LogP contribution in [0.2, 0.25) is 0 Å². The fourth-order valence-electron chi connectivity index (χ4n) is 2.38. The number of fused-ring (bicyclic) bond motifs is 1. The van der Waals surface area contributed by atoms with Gasteiger partial charge >= 0.3 is 0 Å². The molecule has 2 heterocycles. The number of benzene rings is 1. The average Bonchev–Trinajstić information content (AvgIpc) is 3.01. The van der Waals surface area contributed by atoms with Gasteiger partial charge in [0.15, 0.2) is 5.16 Å². The van der Waals surface area contributed by atoms with Crippen LogP contribution in [-0.2, 0) is 17.8 Å². The standard InChI is InChI=1S/C17H17N3O2S2/c1-3-12-9-13-15(24-12)19-17(23-2)20(16(13)22)10-14(21)18-11-7-5-4-6-8-11/h4-9H,3,10H2,1-2H3,(H,18,21). The van der Waals surface area contributed by atoms with Gasteiger partial charge in [0.1, 0.15) is 11.4 Å². The van der Waals surface area contributed by atoms with Crippen LogP contribution in [0.4, 0.5) is 5.69 Å². The lowest BCUT2D eigenvalue weighted by molar-refractivity contribution is -0.116. The second kappa shape index (κ2) is 7.19. The summed E-state index contributed by atoms with van der Waals surface area (Å²) >= 11 is 2.90. The van der Waals surface area contributed by atoms with Gasteiger partial charge in [0.2, 0.25) is 5.91 Å². The molecule has 3 rings (SSSR count). The van der Waals surface area contributed by atoms with Gasteiger partial charge in [0.05, 0.1) is 5.39 Å². The summed E-state index contributed by atoms with van der Waals surface area (Å²) in [6.45, 7) is 2.00. The molecule has 0 aliphatic heterocycles. The summed E-state index contributed by atoms with van der Waals surface area (Å²) in [6, 6.07) is 11.1. The van der Waals surface area contributed by atoms with Crippen LogP contribution >= 0.6 is 23.1 Å². The van der Waals surface area contributed by atoms with Gasteiger partial charge < -0.3 is 5.32 Å². The molecule has 0 radical (unpaired) electrons. The van der Waals surface area contributed by atoms with Crippen LogP contribution in [0.5, 0.6) is 0 Å². The van der Waals surface area contributed by atoms with E-state index in [4.69, 9.17) is 0 Å². The smallest absolute Gasteiger partial charge is 0.263 e. The molecule has 0 fully saturated rings. The van der Waals surface area contributed by atoms with Crippen molar-refractivity contribution in [2.75, 3.05) is 11.6 Å². The van der Waals surface area contributed by atoms with Crippen molar-refractivity contribution in [2.24, 2.45) is 0 Å². The number of nitrogens with one attached hydrogen (secondary N) is 1. The monoisotopic (exact) mass is 359 g/mol. The zero-order valence-corrected chi connectivity index (χ0v) is 15.0. The number of anilines is 1. The Bertz CT molecular complexity index is 932. The quantitative estimate of drug-likeness (QED) is 0.560. The van der Waals surface area contributed by atoms with E-state index in [9.17, 15) is 9.59 Å². The summed E-state index contributed by atoms with van der Waals surface area (Å²) in [5.74, 6) is -0.245. The lowest BCUT2D eigenvalue weighted by Gasteiger charge is -2.10. The minimum absolute atomic E-state index is 0.0514. The van der Waals surface area contributed by atoms with Crippen LogP contribution < -0.4 is 10.9 Å². The number of para-hydroxylation sites is 1. The molecule has 1 amide bonds. The van der Waals surface area contributed by atoms with Gasteiger partial charge in [-0.15, -0.1) is 11.3 Å². The van der Waals surface area contributed by atoms with E-state index in [1.807, 2.05) is 49.6 Å². The fraction of sp³-hybridized carbons (Fsp3) is 0.235. The predicted octanol–water partition coefficient (Wildman–Crippen LogP) is 3.38. The number of hydrogen-bond acceptors (Lipinski definition) is 5. The van der Waals surface area contributed by atoms with E-state index >= 15 is 0 Å². The van der Waals surface area contributed by atoms with E-state index in [-0.39, 0.29) is 18.0 Å². The highest BCUT2D eigenvalue weighted by Crippen LogP contribution is 2.24. The van der Waals surface area contributed by atoms with Crippen LogP contribution in [0, 0.1) is 0 Å². The molecule has 5 nitrogen and oxygen atoms in total. The molecule has 24 heavy (non-hydrogen) atoms. The van der Waals surface area contributed by atoms with Crippen LogP contribution in [0.15, 0.2) is 46.3 Å². The molecule has 0 aliphatic rings. The number of aryl methyl sites for hydroxylation is 1. The largest absolute Gasteiger partial charge is 0.325 e. The first kappa shape index (κ1) is 16.7. The molecule has 0 unspecified atom stereocenters. The number of nitrogens with zero attached hydrogens (tertiary/aromatic N) is 2. The molecule has 124 valence electrons. The van der Waals surface area contributed by atoms with Gasteiger partial charge in [0.25, 0.3) is 5.56 Å². The van der Waals surface area contributed by atoms with Gasteiger partial charge in [-0.1, -0.05) is 36.9 Å². The van der Waals surface area contributed by atoms with Crippen molar-refractivity contribution in [1.82, 2.24) is 9.55 Å². The van der Waals surface area contributed by atoms with Gasteiger partial charge in [-0.2, -0.15) is 0 Å². The highest BCUT2D eigenvalue weighted by atomic mass is 32.2. The summed E-state index contributed by atoms with van der Waals surface area (Å²) in [6.07, 6.45) is 2.72. The number of amides is 1. The van der Waals surface area contributed by atoms with E-state index in [0.29, 0.717) is 16.2 Å². The van der Waals surface area contributed by atoms with Gasteiger partial charge in [-0.25, -0.2) is 4.98 Å². The molecule has 0 spiro atoms. The molecular formula is C17H17N3O2S2. The third-order valence-electron chi connectivity index (χ3n) is 3.56. The van der Waals surface area contributed by atoms with Crippen molar-refractivity contribution in [3.05, 3.63) is 51.6 Å². The number of carbonyl (C=O) groups excluding carboxylic acids is 1. The second-order valence-electron chi connectivity index (χ2n) is 5.19. The van der Waals surface area contributed by atoms with Crippen molar-refractivity contribution in [2.45, 2.75) is 25.0 Å². The topological polar surface area (TPSA) is 64.0 Å². The number of rotatable bonds is 5. The molecule has 0 bridgehead atoms. The van der Waals surface area contributed by atoms with E-state index < -0.39 is 0 Å². The number of aromatic nitrogens is 2. The lowest BCUT2D eigenvalue weighted by Crippen LogP contribution is -2.29. The highest BCUT2D eigenvalue weighted by molar-refractivity contribution is 7.98. The Morgan fingerprint density at radius 2 is 2.08 bits per heavy atom. The Morgan fingerprint density at radius 3 is 2.75 bits per heavy atom. The summed E-state index contributed by atoms with van der Waals surface area (Å²) < 4.78 is 1.44. The normalized spacial score (nSPS) is 10.9. The maximum absolute atomic E-state index is 12.8. The van der Waals surface area contributed by atoms with E-state index in [2.05, 4.69) is 10.3 Å². The fourth-order valence-corrected chi connectivity index (χ4v) is 3.95. The predicted molar refractivity (Wildman–Crippen MR) is 100 cm³/mol. The zero-order chi connectivity index (χ0) is 17.1. The molecule has 3 aromatic rings. The molecule has 0 saturated carbocycles. The zero-order valence-electron chi connectivity index (χ0n) is 13.4. The first-order chi connectivity index (χ1) is 11.6. The molecule has 1 N–H and O–H groups in total. The maximum Gasteiger partial charge on any atom is 0.263 e. The third-order valence-corrected chi connectivity index (χ3v) is 5.41. The lowest BCUT2D eigenvalue weighted by atomic mass is 10.3. The van der Waals surface area contributed by atoms with Gasteiger partial charge in [0, 0.05) is 10.6 Å². The number of hydrogen-bond donors (Lipinski definition) is 1. The Morgan fingerprint density at radius 1 is 1.33 bits per heavy atom. The molecule has 0 aliphatic carbocycles. The minimum atomic E-state index is -0.245. The van der Waals surface area contributed by atoms with Crippen molar-refractivity contribution in [3.63, 3.8) is 0 Å². The highest BCUT2D eigenvalue weighted by Gasteiger charge is 2.15. The first-order valence-corrected chi connectivity index (χ1v) is 9.58. The van der Waals surface area contributed by atoms with Gasteiger partial charge in [-0.3, -0.25) is 14.2 Å². The summed E-state index contributed by atoms with van der Waals surface area (Å²) in [4.78, 5) is 31.5. The number of thiophene rings is 1. The first-order valence-electron chi connectivity index (χ1n) is 7.54. The molecule has 1 aromatic carbocycles. The van der Waals surface area contributed by atoms with E-state index in [1.165, 1.54) is 27.7 Å². The third kappa shape index (κ3) is 3.37. The summed E-state index contributed by atoms with van der Waals surface area (Å²) in [7, 11) is 0. The Labute approximate surface area is 147 Å². The van der Waals surface area contributed by atoms with Crippen molar-refractivity contribution in [1.29, 1.82) is 0 Å². The van der Waals surface area contributed by atoms with Crippen molar-refractivity contribution >= 4 is 44.9 Å². The average molecular weight is 359 g/mol. The van der Waals surface area contributed by atoms with Crippen molar-refractivity contribution in [3.8, 4) is 0 Å². The molecule has 0 atom stereocenters. The second-order valence-corrected chi connectivity index (χ2v) is 7.08. The molecule has 2 aromatic heterocycles. The van der Waals surface area contributed by atoms with Crippen molar-refractivity contribution < 1.29 is 4.79 Å². The van der Waals surface area contributed by atoms with E-state index in [0.717, 1.165) is 16.1 Å². The van der Waals surface area contributed by atoms with E-state index in [1.54, 1.807) is 0 Å². The Balaban J connectivity index is 1.94. The Hall–Kier alpha value is -2.12. The van der Waals surface area contributed by atoms with Crippen LogP contribution in [0.25, 0.3) is 10.2 Å². The molecule has 0 saturated heterocycles. The summed E-state index contributed by atoms with van der Waals surface area (Å²) in [5.41, 5.74) is 0.544. The van der Waals surface area contributed by atoms with Crippen LogP contribution in [0.3, 0.4) is 0 Å². The summed E-state index contributed by atoms with van der Waals surface area (Å²) in [5, 5.41) is 3.94. The Kier molecular flexibility index (Phi) is 5.01. The maximum atomic E-state index is 12.8. The number of carbonyl (C=O) groups is 1. The van der Waals surface area contributed by atoms with Crippen LogP contribution in [-0.4, -0.2) is 21.7 Å². The van der Waals surface area contributed by atoms with Gasteiger partial charge in [-0.05, 0) is 30.9 Å². The molecule has 7 heteroatoms. The number of thioether (sulfide) groups is 1. The molecular weight excluding hydrogens is 342 g/mol. The SMILES string of the molecule is CCc1cc2c(=O)n(CC(=O)Nc3ccccc3)c(SC)nc2s1.